The van der Waals surface area contributed by atoms with Gasteiger partial charge in [0.15, 0.2) is 0 Å². The molecule has 0 heterocycles. The maximum atomic E-state index is 3.13. The van der Waals surface area contributed by atoms with Crippen LogP contribution in [-0.2, 0) is 19.5 Å². The van der Waals surface area contributed by atoms with E-state index in [0.717, 1.165) is 6.42 Å². The molecule has 0 aromatic heterocycles. The molecule has 0 bridgehead atoms. The number of hydrogen-bond donors (Lipinski definition) is 0. The first-order valence-electron chi connectivity index (χ1n) is 1.67. The summed E-state index contributed by atoms with van der Waals surface area (Å²) in [4.78, 5) is 1.87. The van der Waals surface area contributed by atoms with E-state index in [0.29, 0.717) is 0 Å². The van der Waals surface area contributed by atoms with Gasteiger partial charge in [-0.05, 0) is 11.4 Å². The summed E-state index contributed by atoms with van der Waals surface area (Å²) in [5.74, 6) is 0. The molecule has 0 nitrogen and oxygen atoms in total. The standard InChI is InChI=1S/C4H7Br.Zn/c1-2-3-4-5;/h3-4H,2H2,1H3;/b4-3+;. The molecule has 0 unspecified atom stereocenters. The summed E-state index contributed by atoms with van der Waals surface area (Å²) in [5.41, 5.74) is 0. The van der Waals surface area contributed by atoms with Crippen LogP contribution in [0.5, 0.6) is 0 Å². The number of hydrogen-bond acceptors (Lipinski definition) is 0. The van der Waals surface area contributed by atoms with Crippen LogP contribution in [0.25, 0.3) is 0 Å². The molecule has 6 heavy (non-hydrogen) atoms. The summed E-state index contributed by atoms with van der Waals surface area (Å²) in [5, 5.41) is 0. The van der Waals surface area contributed by atoms with Crippen molar-refractivity contribution in [3.8, 4) is 0 Å². The SMILES string of the molecule is CC/C=C/Br.[Zn]. The summed E-state index contributed by atoms with van der Waals surface area (Å²) >= 11 is 3.13. The van der Waals surface area contributed by atoms with Gasteiger partial charge in [0, 0.05) is 19.5 Å². The number of allylic oxidation sites excluding steroid dienone is 1. The summed E-state index contributed by atoms with van der Waals surface area (Å²) in [6, 6.07) is 0. The largest absolute Gasteiger partial charge is 0.0779 e. The molecular formula is C4H7BrZn. The quantitative estimate of drug-likeness (QED) is 0.570. The van der Waals surface area contributed by atoms with Gasteiger partial charge in [-0.15, -0.1) is 0 Å². The Hall–Kier alpha value is 0.843. The normalized spacial score (nSPS) is 8.33. The van der Waals surface area contributed by atoms with Crippen molar-refractivity contribution in [2.45, 2.75) is 13.3 Å². The van der Waals surface area contributed by atoms with Crippen LogP contribution in [0, 0.1) is 0 Å². The minimum absolute atomic E-state index is 0. The van der Waals surface area contributed by atoms with E-state index < -0.39 is 0 Å². The summed E-state index contributed by atoms with van der Waals surface area (Å²) < 4.78 is 0. The monoisotopic (exact) mass is 198 g/mol. The third-order valence-corrected chi connectivity index (χ3v) is 0.699. The smallest absolute Gasteiger partial charge is 0 e. The van der Waals surface area contributed by atoms with E-state index in [9.17, 15) is 0 Å². The molecule has 32 valence electrons. The van der Waals surface area contributed by atoms with Crippen LogP contribution in [0.1, 0.15) is 13.3 Å². The van der Waals surface area contributed by atoms with Crippen molar-refractivity contribution in [3.63, 3.8) is 0 Å². The van der Waals surface area contributed by atoms with Crippen molar-refractivity contribution in [1.82, 2.24) is 0 Å². The van der Waals surface area contributed by atoms with Crippen molar-refractivity contribution in [2.75, 3.05) is 0 Å². The van der Waals surface area contributed by atoms with E-state index in [2.05, 4.69) is 22.9 Å². The molecule has 0 aliphatic carbocycles. The number of rotatable bonds is 1. The molecule has 0 aromatic carbocycles. The first kappa shape index (κ1) is 9.96. The van der Waals surface area contributed by atoms with Gasteiger partial charge in [-0.25, -0.2) is 0 Å². The maximum absolute atomic E-state index is 3.13. The molecule has 0 amide bonds. The summed E-state index contributed by atoms with van der Waals surface area (Å²) in [6.07, 6.45) is 3.16. The summed E-state index contributed by atoms with van der Waals surface area (Å²) in [6.45, 7) is 2.10. The van der Waals surface area contributed by atoms with E-state index in [1.807, 2.05) is 11.1 Å². The zero-order chi connectivity index (χ0) is 4.12. The molecule has 0 atom stereocenters. The fraction of sp³-hybridized carbons (Fsp3) is 0.500. The van der Waals surface area contributed by atoms with Crippen LogP contribution in [0.3, 0.4) is 0 Å². The molecule has 0 rings (SSSR count). The van der Waals surface area contributed by atoms with Crippen molar-refractivity contribution < 1.29 is 19.5 Å². The second kappa shape index (κ2) is 9.28. The molecule has 0 saturated carbocycles. The van der Waals surface area contributed by atoms with Gasteiger partial charge >= 0.3 is 0 Å². The minimum Gasteiger partial charge on any atom is -0.0779 e. The maximum Gasteiger partial charge on any atom is 0 e. The summed E-state index contributed by atoms with van der Waals surface area (Å²) in [7, 11) is 0. The van der Waals surface area contributed by atoms with Gasteiger partial charge in [0.05, 0.1) is 0 Å². The molecule has 0 aliphatic rings. The van der Waals surface area contributed by atoms with E-state index in [4.69, 9.17) is 0 Å². The Kier molecular flexibility index (Phi) is 15.4. The van der Waals surface area contributed by atoms with Gasteiger partial charge < -0.3 is 0 Å². The molecule has 0 radical (unpaired) electrons. The molecule has 2 heteroatoms. The molecule has 0 saturated heterocycles. The third kappa shape index (κ3) is 8.85. The minimum atomic E-state index is 0. The second-order valence-corrected chi connectivity index (χ2v) is 1.30. The molecular weight excluding hydrogens is 193 g/mol. The molecule has 0 N–H and O–H groups in total. The Morgan fingerprint density at radius 1 is 1.67 bits per heavy atom. The van der Waals surface area contributed by atoms with Gasteiger partial charge in [0.1, 0.15) is 0 Å². The van der Waals surface area contributed by atoms with Gasteiger partial charge in [-0.2, -0.15) is 0 Å². The van der Waals surface area contributed by atoms with Gasteiger partial charge in [-0.3, -0.25) is 0 Å². The first-order valence-corrected chi connectivity index (χ1v) is 2.58. The zero-order valence-electron chi connectivity index (χ0n) is 3.95. The van der Waals surface area contributed by atoms with E-state index in [1.54, 1.807) is 0 Å². The average Bonchev–Trinajstić information content (AvgIpc) is 1.41. The van der Waals surface area contributed by atoms with Crippen molar-refractivity contribution in [3.05, 3.63) is 11.1 Å². The molecule has 0 aliphatic heterocycles. The van der Waals surface area contributed by atoms with Crippen LogP contribution >= 0.6 is 15.9 Å². The van der Waals surface area contributed by atoms with Crippen molar-refractivity contribution in [1.29, 1.82) is 0 Å². The average molecular weight is 200 g/mol. The topological polar surface area (TPSA) is 0 Å². The van der Waals surface area contributed by atoms with E-state index in [-0.39, 0.29) is 19.5 Å². The number of halogens is 1. The van der Waals surface area contributed by atoms with Crippen LogP contribution in [-0.4, -0.2) is 0 Å². The van der Waals surface area contributed by atoms with Gasteiger partial charge in [-0.1, -0.05) is 28.9 Å². The Bertz CT molecular complexity index is 34.5. The Balaban J connectivity index is 0. The van der Waals surface area contributed by atoms with Crippen molar-refractivity contribution >= 4 is 15.9 Å². The predicted molar refractivity (Wildman–Crippen MR) is 28.4 cm³/mol. The van der Waals surface area contributed by atoms with Crippen molar-refractivity contribution in [2.24, 2.45) is 0 Å². The second-order valence-electron chi connectivity index (χ2n) is 0.770. The first-order chi connectivity index (χ1) is 2.41. The Labute approximate surface area is 59.9 Å². The zero-order valence-corrected chi connectivity index (χ0v) is 8.50. The van der Waals surface area contributed by atoms with E-state index >= 15 is 0 Å². The fourth-order valence-electron chi connectivity index (χ4n) is 0.0891. The van der Waals surface area contributed by atoms with Crippen LogP contribution < -0.4 is 0 Å². The van der Waals surface area contributed by atoms with Gasteiger partial charge in [0.2, 0.25) is 0 Å². The molecule has 0 spiro atoms. The fourth-order valence-corrected chi connectivity index (χ4v) is 0.463. The predicted octanol–water partition coefficient (Wildman–Crippen LogP) is 2.30. The van der Waals surface area contributed by atoms with Crippen LogP contribution in [0.15, 0.2) is 11.1 Å². The van der Waals surface area contributed by atoms with Gasteiger partial charge in [0.25, 0.3) is 0 Å². The Morgan fingerprint density at radius 2 is 2.17 bits per heavy atom. The molecule has 0 fully saturated rings. The van der Waals surface area contributed by atoms with Crippen LogP contribution in [0.4, 0.5) is 0 Å². The van der Waals surface area contributed by atoms with E-state index in [1.165, 1.54) is 0 Å². The molecule has 0 aromatic rings. The Morgan fingerprint density at radius 3 is 2.17 bits per heavy atom. The van der Waals surface area contributed by atoms with Crippen LogP contribution in [0.2, 0.25) is 0 Å². The third-order valence-electron chi connectivity index (χ3n) is 0.325.